The lowest BCUT2D eigenvalue weighted by atomic mass is 10.6. The zero-order valence-electron chi connectivity index (χ0n) is 7.75. The smallest absolute Gasteiger partial charge is 0.215 e. The van der Waals surface area contributed by atoms with Crippen LogP contribution in [0.5, 0.6) is 0 Å². The van der Waals surface area contributed by atoms with E-state index in [2.05, 4.69) is 25.5 Å². The molecule has 0 aliphatic carbocycles. The number of nitrogens with one attached hydrogen (secondary N) is 2. The van der Waals surface area contributed by atoms with Gasteiger partial charge < -0.3 is 5.32 Å². The molecule has 2 N–H and O–H groups in total. The molecule has 3 aromatic heterocycles. The van der Waals surface area contributed by atoms with Crippen molar-refractivity contribution in [2.45, 2.75) is 0 Å². The third-order valence-electron chi connectivity index (χ3n) is 2.07. The third-order valence-corrected chi connectivity index (χ3v) is 2.07. The molecule has 3 rings (SSSR count). The fraction of sp³-hybridized carbons (Fsp3) is 0. The van der Waals surface area contributed by atoms with Gasteiger partial charge in [0.1, 0.15) is 17.8 Å². The average molecular weight is 200 g/mol. The van der Waals surface area contributed by atoms with E-state index in [1.807, 2.05) is 28.8 Å². The number of H-pyrrole nitrogens is 1. The van der Waals surface area contributed by atoms with E-state index < -0.39 is 0 Å². The highest BCUT2D eigenvalue weighted by Crippen LogP contribution is 2.12. The summed E-state index contributed by atoms with van der Waals surface area (Å²) in [5.74, 6) is 1.50. The second-order valence-electron chi connectivity index (χ2n) is 3.03. The number of hydrogen-bond donors (Lipinski definition) is 2. The minimum Gasteiger partial charge on any atom is -0.310 e. The Bertz CT molecular complexity index is 567. The van der Waals surface area contributed by atoms with E-state index in [9.17, 15) is 0 Å². The molecular weight excluding hydrogens is 192 g/mol. The lowest BCUT2D eigenvalue weighted by Gasteiger charge is -2.04. The zero-order chi connectivity index (χ0) is 10.1. The summed E-state index contributed by atoms with van der Waals surface area (Å²) >= 11 is 0. The third kappa shape index (κ3) is 1.32. The Kier molecular flexibility index (Phi) is 1.64. The van der Waals surface area contributed by atoms with E-state index in [1.165, 1.54) is 6.33 Å². The Morgan fingerprint density at radius 2 is 2.27 bits per heavy atom. The van der Waals surface area contributed by atoms with Gasteiger partial charge in [-0.3, -0.25) is 9.50 Å². The number of nitrogens with zero attached hydrogens (tertiary/aromatic N) is 4. The minimum atomic E-state index is 0.703. The summed E-state index contributed by atoms with van der Waals surface area (Å²) in [6.45, 7) is 0. The second-order valence-corrected chi connectivity index (χ2v) is 3.03. The molecule has 6 heteroatoms. The Morgan fingerprint density at radius 3 is 3.13 bits per heavy atom. The van der Waals surface area contributed by atoms with Crippen LogP contribution in [0.15, 0.2) is 36.9 Å². The number of aromatic nitrogens is 5. The highest BCUT2D eigenvalue weighted by Gasteiger charge is 2.02. The van der Waals surface area contributed by atoms with Gasteiger partial charge in [0, 0.05) is 12.3 Å². The molecule has 0 fully saturated rings. The summed E-state index contributed by atoms with van der Waals surface area (Å²) in [4.78, 5) is 8.26. The van der Waals surface area contributed by atoms with Gasteiger partial charge in [0.15, 0.2) is 0 Å². The van der Waals surface area contributed by atoms with Crippen molar-refractivity contribution in [2.24, 2.45) is 0 Å². The minimum absolute atomic E-state index is 0.703. The lowest BCUT2D eigenvalue weighted by molar-refractivity contribution is 1.02. The number of rotatable bonds is 2. The highest BCUT2D eigenvalue weighted by molar-refractivity contribution is 5.52. The van der Waals surface area contributed by atoms with Crippen LogP contribution in [0, 0.1) is 0 Å². The second kappa shape index (κ2) is 3.09. The molecule has 0 saturated carbocycles. The Balaban J connectivity index is 2.07. The van der Waals surface area contributed by atoms with Gasteiger partial charge in [-0.15, -0.1) is 0 Å². The maximum Gasteiger partial charge on any atom is 0.215 e. The number of fused-ring (bicyclic) bond motifs is 1. The molecule has 0 unspecified atom stereocenters. The van der Waals surface area contributed by atoms with Crippen LogP contribution in [-0.4, -0.2) is 24.6 Å². The lowest BCUT2D eigenvalue weighted by Crippen LogP contribution is -2.01. The number of hydrogen-bond acceptors (Lipinski definition) is 4. The van der Waals surface area contributed by atoms with Gasteiger partial charge in [-0.25, -0.2) is 9.97 Å². The topological polar surface area (TPSA) is 70.9 Å². The van der Waals surface area contributed by atoms with Crippen molar-refractivity contribution in [3.05, 3.63) is 36.9 Å². The van der Waals surface area contributed by atoms with Gasteiger partial charge in [0.05, 0.1) is 6.20 Å². The molecule has 0 saturated heterocycles. The first-order chi connectivity index (χ1) is 7.43. The van der Waals surface area contributed by atoms with Crippen molar-refractivity contribution in [1.29, 1.82) is 0 Å². The van der Waals surface area contributed by atoms with Crippen LogP contribution < -0.4 is 5.32 Å². The Hall–Kier alpha value is -2.37. The van der Waals surface area contributed by atoms with Crippen molar-refractivity contribution in [1.82, 2.24) is 24.6 Å². The van der Waals surface area contributed by atoms with Gasteiger partial charge in [0.25, 0.3) is 0 Å². The van der Waals surface area contributed by atoms with Gasteiger partial charge in [-0.05, 0) is 12.1 Å². The van der Waals surface area contributed by atoms with E-state index >= 15 is 0 Å². The highest BCUT2D eigenvalue weighted by atomic mass is 15.3. The van der Waals surface area contributed by atoms with Gasteiger partial charge in [-0.1, -0.05) is 0 Å². The predicted molar refractivity (Wildman–Crippen MR) is 54.9 cm³/mol. The number of aromatic amines is 1. The standard InChI is InChI=1S/C9H8N6/c1-2-8-10-6-11-9(15(8)5-1)13-7-3-4-12-14-7/h1-6H,(H2,10,11,12,13,14). The number of anilines is 2. The molecule has 0 bridgehead atoms. The van der Waals surface area contributed by atoms with Gasteiger partial charge in [0.2, 0.25) is 5.95 Å². The molecule has 0 aliphatic heterocycles. The molecule has 0 radical (unpaired) electrons. The first-order valence-electron chi connectivity index (χ1n) is 4.48. The molecule has 0 aromatic carbocycles. The van der Waals surface area contributed by atoms with E-state index in [0.717, 1.165) is 11.5 Å². The quantitative estimate of drug-likeness (QED) is 0.652. The molecular formula is C9H8N6. The molecule has 15 heavy (non-hydrogen) atoms. The first kappa shape index (κ1) is 7.98. The van der Waals surface area contributed by atoms with Crippen LogP contribution in [0.1, 0.15) is 0 Å². The molecule has 0 amide bonds. The summed E-state index contributed by atoms with van der Waals surface area (Å²) in [6, 6.07) is 5.67. The SMILES string of the molecule is c1cc2ncnc(Nc3ccn[nH]3)n2c1. The molecule has 0 spiro atoms. The van der Waals surface area contributed by atoms with E-state index in [4.69, 9.17) is 0 Å². The van der Waals surface area contributed by atoms with E-state index in [0.29, 0.717) is 5.95 Å². The first-order valence-corrected chi connectivity index (χ1v) is 4.48. The van der Waals surface area contributed by atoms with Crippen LogP contribution in [-0.2, 0) is 0 Å². The Labute approximate surface area is 85.0 Å². The maximum atomic E-state index is 4.15. The maximum absolute atomic E-state index is 4.15. The van der Waals surface area contributed by atoms with Crippen LogP contribution in [0.25, 0.3) is 5.65 Å². The molecule has 3 heterocycles. The molecule has 0 aliphatic rings. The van der Waals surface area contributed by atoms with Crippen LogP contribution in [0.3, 0.4) is 0 Å². The predicted octanol–water partition coefficient (Wildman–Crippen LogP) is 1.20. The van der Waals surface area contributed by atoms with Crippen molar-refractivity contribution in [3.8, 4) is 0 Å². The molecule has 6 nitrogen and oxygen atoms in total. The molecule has 0 atom stereocenters. The summed E-state index contributed by atoms with van der Waals surface area (Å²) < 4.78 is 1.86. The van der Waals surface area contributed by atoms with Crippen molar-refractivity contribution in [2.75, 3.05) is 5.32 Å². The average Bonchev–Trinajstić information content (AvgIpc) is 2.87. The fourth-order valence-electron chi connectivity index (χ4n) is 1.40. The summed E-state index contributed by atoms with van der Waals surface area (Å²) in [7, 11) is 0. The summed E-state index contributed by atoms with van der Waals surface area (Å²) in [6.07, 6.45) is 5.10. The zero-order valence-corrected chi connectivity index (χ0v) is 7.75. The van der Waals surface area contributed by atoms with E-state index in [-0.39, 0.29) is 0 Å². The summed E-state index contributed by atoms with van der Waals surface area (Å²) in [5.41, 5.74) is 0.854. The largest absolute Gasteiger partial charge is 0.310 e. The van der Waals surface area contributed by atoms with Crippen molar-refractivity contribution >= 4 is 17.4 Å². The van der Waals surface area contributed by atoms with Crippen LogP contribution >= 0.6 is 0 Å². The summed E-state index contributed by atoms with van der Waals surface area (Å²) in [5, 5.41) is 9.76. The van der Waals surface area contributed by atoms with Gasteiger partial charge >= 0.3 is 0 Å². The normalized spacial score (nSPS) is 10.7. The monoisotopic (exact) mass is 200 g/mol. The van der Waals surface area contributed by atoms with Crippen LogP contribution in [0.2, 0.25) is 0 Å². The molecule has 74 valence electrons. The van der Waals surface area contributed by atoms with Crippen LogP contribution in [0.4, 0.5) is 11.8 Å². The fourth-order valence-corrected chi connectivity index (χ4v) is 1.40. The Morgan fingerprint density at radius 1 is 1.27 bits per heavy atom. The van der Waals surface area contributed by atoms with E-state index in [1.54, 1.807) is 6.20 Å². The van der Waals surface area contributed by atoms with Gasteiger partial charge in [-0.2, -0.15) is 5.10 Å². The van der Waals surface area contributed by atoms with Crippen molar-refractivity contribution < 1.29 is 0 Å². The molecule has 3 aromatic rings. The van der Waals surface area contributed by atoms with Crippen molar-refractivity contribution in [3.63, 3.8) is 0 Å².